The second-order valence-corrected chi connectivity index (χ2v) is 5.08. The van der Waals surface area contributed by atoms with Gasteiger partial charge in [0, 0.05) is 37.8 Å². The third-order valence-corrected chi connectivity index (χ3v) is 3.27. The number of aromatic nitrogens is 2. The Bertz CT molecular complexity index is 433. The van der Waals surface area contributed by atoms with Crippen LogP contribution in [0.5, 0.6) is 0 Å². The summed E-state index contributed by atoms with van der Waals surface area (Å²) in [6.45, 7) is 7.42. The summed E-state index contributed by atoms with van der Waals surface area (Å²) in [7, 11) is 0. The van der Waals surface area contributed by atoms with E-state index in [1.165, 1.54) is 0 Å². The minimum Gasteiger partial charge on any atom is -0.365 e. The molecule has 0 spiro atoms. The topological polar surface area (TPSA) is 58.1 Å². The van der Waals surface area contributed by atoms with Crippen LogP contribution < -0.4 is 5.32 Å². The first-order chi connectivity index (χ1) is 8.56. The lowest BCUT2D eigenvalue weighted by Gasteiger charge is -2.16. The number of hydrogen-bond acceptors (Lipinski definition) is 4. The monoisotopic (exact) mass is 248 g/mol. The molecule has 1 aliphatic heterocycles. The van der Waals surface area contributed by atoms with Gasteiger partial charge in [0.25, 0.3) is 0 Å². The van der Waals surface area contributed by atoms with Gasteiger partial charge in [-0.2, -0.15) is 0 Å². The summed E-state index contributed by atoms with van der Waals surface area (Å²) in [5.41, 5.74) is 1.04. The summed E-state index contributed by atoms with van der Waals surface area (Å²) in [4.78, 5) is 21.6. The summed E-state index contributed by atoms with van der Waals surface area (Å²) in [5.74, 6) is 1.39. The van der Waals surface area contributed by atoms with E-state index >= 15 is 0 Å². The lowest BCUT2D eigenvalue weighted by Crippen LogP contribution is -2.29. The van der Waals surface area contributed by atoms with Crippen LogP contribution in [0.15, 0.2) is 12.4 Å². The van der Waals surface area contributed by atoms with Crippen molar-refractivity contribution >= 4 is 11.7 Å². The average Bonchev–Trinajstić information content (AvgIpc) is 2.78. The number of carbonyl (C=O) groups is 1. The molecule has 1 aromatic rings. The minimum absolute atomic E-state index is 0.143. The van der Waals surface area contributed by atoms with Crippen molar-refractivity contribution < 1.29 is 4.79 Å². The summed E-state index contributed by atoms with van der Waals surface area (Å²) >= 11 is 0. The highest BCUT2D eigenvalue weighted by Crippen LogP contribution is 2.17. The normalized spacial score (nSPS) is 19.3. The maximum absolute atomic E-state index is 11.3. The summed E-state index contributed by atoms with van der Waals surface area (Å²) in [6, 6.07) is 2.28. The molecule has 1 unspecified atom stereocenters. The fourth-order valence-electron chi connectivity index (χ4n) is 2.14. The van der Waals surface area contributed by atoms with Crippen molar-refractivity contribution in [3.05, 3.63) is 18.1 Å². The van der Waals surface area contributed by atoms with Gasteiger partial charge < -0.3 is 10.2 Å². The van der Waals surface area contributed by atoms with E-state index in [0.717, 1.165) is 31.0 Å². The number of amides is 1. The molecule has 5 nitrogen and oxygen atoms in total. The molecule has 2 rings (SSSR count). The van der Waals surface area contributed by atoms with Crippen LogP contribution in [-0.2, 0) is 4.79 Å². The largest absolute Gasteiger partial charge is 0.365 e. The first-order valence-electron chi connectivity index (χ1n) is 6.40. The smallest absolute Gasteiger partial charge is 0.219 e. The first-order valence-corrected chi connectivity index (χ1v) is 6.40. The first kappa shape index (κ1) is 12.8. The molecule has 1 amide bonds. The molecule has 1 fully saturated rings. The van der Waals surface area contributed by atoms with Crippen molar-refractivity contribution in [2.75, 3.05) is 18.4 Å². The van der Waals surface area contributed by atoms with E-state index in [9.17, 15) is 4.79 Å². The number of anilines is 1. The van der Waals surface area contributed by atoms with E-state index < -0.39 is 0 Å². The Morgan fingerprint density at radius 2 is 2.28 bits per heavy atom. The number of likely N-dealkylation sites (tertiary alicyclic amines) is 1. The predicted octanol–water partition coefficient (Wildman–Crippen LogP) is 1.63. The van der Waals surface area contributed by atoms with Gasteiger partial charge in [-0.05, 0) is 12.3 Å². The van der Waals surface area contributed by atoms with Crippen LogP contribution in [0.2, 0.25) is 0 Å². The molecule has 5 heteroatoms. The predicted molar refractivity (Wildman–Crippen MR) is 70.4 cm³/mol. The maximum Gasteiger partial charge on any atom is 0.219 e. The van der Waals surface area contributed by atoms with Crippen LogP contribution in [0.25, 0.3) is 0 Å². The fraction of sp³-hybridized carbons (Fsp3) is 0.615. The van der Waals surface area contributed by atoms with Crippen molar-refractivity contribution in [2.45, 2.75) is 39.2 Å². The summed E-state index contributed by atoms with van der Waals surface area (Å²) in [5, 5.41) is 3.38. The third kappa shape index (κ3) is 2.97. The van der Waals surface area contributed by atoms with Crippen molar-refractivity contribution in [1.82, 2.24) is 14.9 Å². The van der Waals surface area contributed by atoms with Crippen LogP contribution in [0.3, 0.4) is 0 Å². The zero-order valence-electron chi connectivity index (χ0n) is 11.2. The molecule has 1 N–H and O–H groups in total. The molecule has 0 aromatic carbocycles. The third-order valence-electron chi connectivity index (χ3n) is 3.27. The molecule has 0 radical (unpaired) electrons. The Labute approximate surface area is 108 Å². The van der Waals surface area contributed by atoms with Gasteiger partial charge in [0.15, 0.2) is 0 Å². The summed E-state index contributed by atoms with van der Waals surface area (Å²) in [6.07, 6.45) is 2.57. The van der Waals surface area contributed by atoms with E-state index in [1.807, 2.05) is 11.0 Å². The quantitative estimate of drug-likeness (QED) is 0.883. The van der Waals surface area contributed by atoms with Gasteiger partial charge in [-0.3, -0.25) is 4.79 Å². The lowest BCUT2D eigenvalue weighted by atomic mass is 10.1. The maximum atomic E-state index is 11.3. The molecule has 2 heterocycles. The van der Waals surface area contributed by atoms with Crippen LogP contribution in [0, 0.1) is 0 Å². The van der Waals surface area contributed by atoms with Gasteiger partial charge in [-0.15, -0.1) is 0 Å². The van der Waals surface area contributed by atoms with Crippen LogP contribution in [-0.4, -0.2) is 39.9 Å². The number of rotatable bonds is 3. The van der Waals surface area contributed by atoms with E-state index in [0.29, 0.717) is 12.0 Å². The molecule has 1 aromatic heterocycles. The van der Waals surface area contributed by atoms with E-state index in [-0.39, 0.29) is 5.91 Å². The number of hydrogen-bond donors (Lipinski definition) is 1. The van der Waals surface area contributed by atoms with Gasteiger partial charge in [0.2, 0.25) is 5.91 Å². The number of nitrogens with zero attached hydrogens (tertiary/aromatic N) is 3. The zero-order chi connectivity index (χ0) is 13.1. The molecule has 0 saturated carbocycles. The molecular weight excluding hydrogens is 228 g/mol. The second-order valence-electron chi connectivity index (χ2n) is 5.08. The van der Waals surface area contributed by atoms with Gasteiger partial charge in [-0.25, -0.2) is 9.97 Å². The highest BCUT2D eigenvalue weighted by molar-refractivity contribution is 5.73. The van der Waals surface area contributed by atoms with Gasteiger partial charge in [0.1, 0.15) is 12.1 Å². The standard InChI is InChI=1S/C13H20N4O/c1-9(2)12-6-13(15-8-14-12)16-11-4-5-17(7-11)10(3)18/h6,8-9,11H,4-5,7H2,1-3H3,(H,14,15,16). The molecule has 18 heavy (non-hydrogen) atoms. The van der Waals surface area contributed by atoms with Gasteiger partial charge in [-0.1, -0.05) is 13.8 Å². The average molecular weight is 248 g/mol. The molecule has 98 valence electrons. The Morgan fingerprint density at radius 3 is 2.89 bits per heavy atom. The molecule has 0 aliphatic carbocycles. The number of carbonyl (C=O) groups excluding carboxylic acids is 1. The summed E-state index contributed by atoms with van der Waals surface area (Å²) < 4.78 is 0. The molecule has 1 aliphatic rings. The molecule has 1 saturated heterocycles. The van der Waals surface area contributed by atoms with Crippen molar-refractivity contribution in [3.63, 3.8) is 0 Å². The van der Waals surface area contributed by atoms with Gasteiger partial charge in [0.05, 0.1) is 0 Å². The fourth-order valence-corrected chi connectivity index (χ4v) is 2.14. The van der Waals surface area contributed by atoms with Crippen molar-refractivity contribution in [2.24, 2.45) is 0 Å². The van der Waals surface area contributed by atoms with Gasteiger partial charge >= 0.3 is 0 Å². The van der Waals surface area contributed by atoms with E-state index in [1.54, 1.807) is 13.3 Å². The van der Waals surface area contributed by atoms with Crippen LogP contribution in [0.1, 0.15) is 38.8 Å². The SMILES string of the molecule is CC(=O)N1CCC(Nc2cc(C(C)C)ncn2)C1. The minimum atomic E-state index is 0.143. The Balaban J connectivity index is 1.98. The lowest BCUT2D eigenvalue weighted by molar-refractivity contribution is -0.127. The van der Waals surface area contributed by atoms with E-state index in [2.05, 4.69) is 29.1 Å². The Hall–Kier alpha value is -1.65. The van der Waals surface area contributed by atoms with Crippen LogP contribution in [0.4, 0.5) is 5.82 Å². The second kappa shape index (κ2) is 5.33. The van der Waals surface area contributed by atoms with E-state index in [4.69, 9.17) is 0 Å². The zero-order valence-corrected chi connectivity index (χ0v) is 11.2. The Morgan fingerprint density at radius 1 is 1.50 bits per heavy atom. The van der Waals surface area contributed by atoms with Crippen molar-refractivity contribution in [1.29, 1.82) is 0 Å². The molecular formula is C13H20N4O. The molecule has 0 bridgehead atoms. The van der Waals surface area contributed by atoms with Crippen molar-refractivity contribution in [3.8, 4) is 0 Å². The Kier molecular flexibility index (Phi) is 3.79. The molecule has 1 atom stereocenters. The highest BCUT2D eigenvalue weighted by atomic mass is 16.2. The highest BCUT2D eigenvalue weighted by Gasteiger charge is 2.24. The van der Waals surface area contributed by atoms with Crippen LogP contribution >= 0.6 is 0 Å². The number of nitrogens with one attached hydrogen (secondary N) is 1.